The van der Waals surface area contributed by atoms with Crippen molar-refractivity contribution < 1.29 is 0 Å². The van der Waals surface area contributed by atoms with Crippen molar-refractivity contribution in [2.24, 2.45) is 5.92 Å². The number of hydrogen-bond acceptors (Lipinski definition) is 3. The number of thiophene rings is 1. The first-order valence-electron chi connectivity index (χ1n) is 7.81. The van der Waals surface area contributed by atoms with E-state index in [1.807, 2.05) is 11.3 Å². The van der Waals surface area contributed by atoms with Gasteiger partial charge in [-0.15, -0.1) is 11.3 Å². The molecule has 1 aliphatic rings. The van der Waals surface area contributed by atoms with Crippen molar-refractivity contribution in [3.05, 3.63) is 52.2 Å². The molecule has 1 aromatic carbocycles. The predicted molar refractivity (Wildman–Crippen MR) is 91.9 cm³/mol. The minimum atomic E-state index is 0.567. The Labute approximate surface area is 131 Å². The van der Waals surface area contributed by atoms with E-state index in [0.717, 1.165) is 25.6 Å². The Morgan fingerprint density at radius 3 is 2.86 bits per heavy atom. The van der Waals surface area contributed by atoms with Crippen LogP contribution in [0.3, 0.4) is 0 Å². The van der Waals surface area contributed by atoms with Gasteiger partial charge in [0.1, 0.15) is 0 Å². The molecule has 21 heavy (non-hydrogen) atoms. The Morgan fingerprint density at radius 2 is 2.10 bits per heavy atom. The lowest BCUT2D eigenvalue weighted by molar-refractivity contribution is 0.421. The summed E-state index contributed by atoms with van der Waals surface area (Å²) in [5, 5.41) is 5.91. The summed E-state index contributed by atoms with van der Waals surface area (Å²) in [5.41, 5.74) is 2.81. The smallest absolute Gasteiger partial charge is 0.0523 e. The molecule has 1 atom stereocenters. The lowest BCUT2D eigenvalue weighted by Crippen LogP contribution is -2.38. The third kappa shape index (κ3) is 3.66. The lowest BCUT2D eigenvalue weighted by Gasteiger charge is -2.28. The highest BCUT2D eigenvalue weighted by molar-refractivity contribution is 7.09. The van der Waals surface area contributed by atoms with Gasteiger partial charge >= 0.3 is 0 Å². The average molecular weight is 300 g/mol. The molecular weight excluding hydrogens is 276 g/mol. The van der Waals surface area contributed by atoms with Crippen LogP contribution in [0.2, 0.25) is 0 Å². The predicted octanol–water partition coefficient (Wildman–Crippen LogP) is 4.27. The summed E-state index contributed by atoms with van der Waals surface area (Å²) >= 11 is 1.85. The summed E-state index contributed by atoms with van der Waals surface area (Å²) in [6.45, 7) is 7.71. The normalized spacial score (nSPS) is 18.6. The Balaban J connectivity index is 1.84. The monoisotopic (exact) mass is 300 g/mol. The standard InChI is InChI=1S/C18H24N2S/c1-14(2)10-16-12-20(13-17-7-5-9-21-17)18-8-4-3-6-15(18)11-19-16/h3-9,14,16,19H,10-13H2,1-2H3. The molecule has 2 heterocycles. The van der Waals surface area contributed by atoms with Gasteiger partial charge in [-0.25, -0.2) is 0 Å². The minimum Gasteiger partial charge on any atom is -0.365 e. The van der Waals surface area contributed by atoms with Crippen LogP contribution < -0.4 is 10.2 Å². The van der Waals surface area contributed by atoms with Crippen LogP contribution >= 0.6 is 11.3 Å². The van der Waals surface area contributed by atoms with E-state index in [0.29, 0.717) is 6.04 Å². The Morgan fingerprint density at radius 1 is 1.24 bits per heavy atom. The summed E-state index contributed by atoms with van der Waals surface area (Å²) in [6.07, 6.45) is 1.23. The fourth-order valence-electron chi connectivity index (χ4n) is 3.12. The molecule has 0 radical (unpaired) electrons. The van der Waals surface area contributed by atoms with E-state index in [1.54, 1.807) is 0 Å². The molecule has 0 spiro atoms. The maximum atomic E-state index is 3.74. The SMILES string of the molecule is CC(C)CC1CN(Cc2cccs2)c2ccccc2CN1. The van der Waals surface area contributed by atoms with Gasteiger partial charge in [0, 0.05) is 29.7 Å². The topological polar surface area (TPSA) is 15.3 Å². The number of benzene rings is 1. The van der Waals surface area contributed by atoms with Crippen LogP contribution in [0.1, 0.15) is 30.7 Å². The van der Waals surface area contributed by atoms with Crippen LogP contribution in [0.4, 0.5) is 5.69 Å². The third-order valence-electron chi connectivity index (χ3n) is 4.04. The van der Waals surface area contributed by atoms with E-state index < -0.39 is 0 Å². The highest BCUT2D eigenvalue weighted by Gasteiger charge is 2.22. The molecule has 0 saturated heterocycles. The molecule has 3 rings (SSSR count). The quantitative estimate of drug-likeness (QED) is 0.907. The second-order valence-corrected chi connectivity index (χ2v) is 7.33. The molecule has 0 amide bonds. The number of anilines is 1. The maximum Gasteiger partial charge on any atom is 0.0523 e. The number of nitrogens with one attached hydrogen (secondary N) is 1. The minimum absolute atomic E-state index is 0.567. The van der Waals surface area contributed by atoms with Crippen molar-refractivity contribution in [3.8, 4) is 0 Å². The lowest BCUT2D eigenvalue weighted by atomic mass is 10.0. The van der Waals surface area contributed by atoms with E-state index in [1.165, 1.54) is 22.5 Å². The average Bonchev–Trinajstić information content (AvgIpc) is 2.90. The number of fused-ring (bicyclic) bond motifs is 1. The third-order valence-corrected chi connectivity index (χ3v) is 4.90. The van der Waals surface area contributed by atoms with Gasteiger partial charge in [0.15, 0.2) is 0 Å². The molecule has 2 nitrogen and oxygen atoms in total. The van der Waals surface area contributed by atoms with Gasteiger partial charge in [-0.05, 0) is 35.4 Å². The van der Waals surface area contributed by atoms with E-state index in [9.17, 15) is 0 Å². The molecule has 1 aliphatic heterocycles. The zero-order valence-corrected chi connectivity index (χ0v) is 13.7. The van der Waals surface area contributed by atoms with E-state index >= 15 is 0 Å². The maximum absolute atomic E-state index is 3.74. The van der Waals surface area contributed by atoms with Gasteiger partial charge in [-0.2, -0.15) is 0 Å². The summed E-state index contributed by atoms with van der Waals surface area (Å²) in [4.78, 5) is 3.99. The molecular formula is C18H24N2S. The van der Waals surface area contributed by atoms with Gasteiger partial charge < -0.3 is 10.2 Å². The zero-order chi connectivity index (χ0) is 14.7. The Bertz CT molecular complexity index is 562. The van der Waals surface area contributed by atoms with Crippen LogP contribution in [0.25, 0.3) is 0 Å². The Hall–Kier alpha value is -1.32. The molecule has 0 saturated carbocycles. The van der Waals surface area contributed by atoms with Gasteiger partial charge in [-0.3, -0.25) is 0 Å². The van der Waals surface area contributed by atoms with Crippen molar-refractivity contribution in [2.75, 3.05) is 11.4 Å². The summed E-state index contributed by atoms with van der Waals surface area (Å²) in [5.74, 6) is 0.729. The van der Waals surface area contributed by atoms with Crippen LogP contribution in [0.5, 0.6) is 0 Å². The van der Waals surface area contributed by atoms with Crippen molar-refractivity contribution in [2.45, 2.75) is 39.4 Å². The van der Waals surface area contributed by atoms with Gasteiger partial charge in [0.05, 0.1) is 6.54 Å². The second-order valence-electron chi connectivity index (χ2n) is 6.30. The highest BCUT2D eigenvalue weighted by atomic mass is 32.1. The summed E-state index contributed by atoms with van der Waals surface area (Å²) < 4.78 is 0. The largest absolute Gasteiger partial charge is 0.365 e. The zero-order valence-electron chi connectivity index (χ0n) is 12.9. The van der Waals surface area contributed by atoms with Gasteiger partial charge in [-0.1, -0.05) is 38.1 Å². The van der Waals surface area contributed by atoms with Crippen molar-refractivity contribution in [1.29, 1.82) is 0 Å². The first kappa shape index (κ1) is 14.6. The van der Waals surface area contributed by atoms with Gasteiger partial charge in [0.2, 0.25) is 0 Å². The molecule has 3 heteroatoms. The second kappa shape index (κ2) is 6.63. The number of hydrogen-bond donors (Lipinski definition) is 1. The first-order chi connectivity index (χ1) is 10.2. The fourth-order valence-corrected chi connectivity index (χ4v) is 3.84. The molecule has 0 fully saturated rings. The molecule has 1 N–H and O–H groups in total. The molecule has 1 unspecified atom stereocenters. The molecule has 0 bridgehead atoms. The van der Waals surface area contributed by atoms with Crippen molar-refractivity contribution >= 4 is 17.0 Å². The number of para-hydroxylation sites is 1. The highest BCUT2D eigenvalue weighted by Crippen LogP contribution is 2.27. The van der Waals surface area contributed by atoms with Crippen LogP contribution in [-0.2, 0) is 13.1 Å². The molecule has 0 aliphatic carbocycles. The summed E-state index contributed by atoms with van der Waals surface area (Å²) in [6, 6.07) is 13.8. The van der Waals surface area contributed by atoms with Crippen molar-refractivity contribution in [1.82, 2.24) is 5.32 Å². The molecule has 1 aromatic heterocycles. The van der Waals surface area contributed by atoms with Gasteiger partial charge in [0.25, 0.3) is 0 Å². The Kier molecular flexibility index (Phi) is 4.61. The van der Waals surface area contributed by atoms with Crippen LogP contribution in [-0.4, -0.2) is 12.6 Å². The van der Waals surface area contributed by atoms with Crippen LogP contribution in [0, 0.1) is 5.92 Å². The van der Waals surface area contributed by atoms with Crippen molar-refractivity contribution in [3.63, 3.8) is 0 Å². The fraction of sp³-hybridized carbons (Fsp3) is 0.444. The number of rotatable bonds is 4. The molecule has 112 valence electrons. The first-order valence-corrected chi connectivity index (χ1v) is 8.69. The van der Waals surface area contributed by atoms with E-state index in [4.69, 9.17) is 0 Å². The van der Waals surface area contributed by atoms with E-state index in [2.05, 4.69) is 65.8 Å². The number of nitrogens with zero attached hydrogens (tertiary/aromatic N) is 1. The van der Waals surface area contributed by atoms with E-state index in [-0.39, 0.29) is 0 Å². The van der Waals surface area contributed by atoms with Crippen LogP contribution in [0.15, 0.2) is 41.8 Å². The summed E-state index contributed by atoms with van der Waals surface area (Å²) in [7, 11) is 0. The molecule has 2 aromatic rings.